The van der Waals surface area contributed by atoms with E-state index in [9.17, 15) is 24.6 Å². The minimum Gasteiger partial charge on any atom is -0.462 e. The van der Waals surface area contributed by atoms with Gasteiger partial charge in [-0.2, -0.15) is 0 Å². The van der Waals surface area contributed by atoms with E-state index in [4.69, 9.17) is 14.2 Å². The Hall–Kier alpha value is -2.45. The monoisotopic (exact) mass is 552 g/mol. The van der Waals surface area contributed by atoms with Crippen LogP contribution in [0.3, 0.4) is 0 Å². The summed E-state index contributed by atoms with van der Waals surface area (Å²) in [4.78, 5) is 39.9. The normalized spacial score (nSPS) is 55.6. The van der Waals surface area contributed by atoms with Crippen LogP contribution in [0.4, 0.5) is 0 Å². The minimum atomic E-state index is -1.19. The largest absolute Gasteiger partial charge is 0.462 e. The lowest BCUT2D eigenvalue weighted by Gasteiger charge is -2.46. The van der Waals surface area contributed by atoms with Gasteiger partial charge < -0.3 is 24.4 Å². The molecule has 2 heterocycles. The first kappa shape index (κ1) is 26.4. The molecule has 2 N–H and O–H groups in total. The van der Waals surface area contributed by atoms with Crippen molar-refractivity contribution in [3.8, 4) is 0 Å². The van der Waals surface area contributed by atoms with Crippen LogP contribution in [0.1, 0.15) is 66.7 Å². The van der Waals surface area contributed by atoms with Crippen molar-refractivity contribution in [2.24, 2.45) is 45.8 Å². The van der Waals surface area contributed by atoms with Crippen LogP contribution in [0.5, 0.6) is 0 Å². The van der Waals surface area contributed by atoms with Crippen LogP contribution in [0.25, 0.3) is 0 Å². The van der Waals surface area contributed by atoms with E-state index in [2.05, 4.69) is 18.7 Å². The molecular weight excluding hydrogens is 512 g/mol. The van der Waals surface area contributed by atoms with Crippen molar-refractivity contribution >= 4 is 17.9 Å². The summed E-state index contributed by atoms with van der Waals surface area (Å²) in [7, 11) is 0. The summed E-state index contributed by atoms with van der Waals surface area (Å²) in [6.07, 6.45) is 6.43. The van der Waals surface area contributed by atoms with Gasteiger partial charge in [0, 0.05) is 53.4 Å². The Morgan fingerprint density at radius 1 is 1.12 bits per heavy atom. The molecule has 7 aliphatic rings. The summed E-state index contributed by atoms with van der Waals surface area (Å²) in [6, 6.07) is 0. The second-order valence-corrected chi connectivity index (χ2v) is 14.5. The summed E-state index contributed by atoms with van der Waals surface area (Å²) >= 11 is 0. The number of ether oxygens (including phenoxy) is 3. The van der Waals surface area contributed by atoms with Gasteiger partial charge in [-0.3, -0.25) is 9.59 Å². The van der Waals surface area contributed by atoms with E-state index in [1.165, 1.54) is 6.92 Å². The van der Waals surface area contributed by atoms with Gasteiger partial charge >= 0.3 is 17.9 Å². The number of aliphatic hydroxyl groups is 2. The molecule has 13 atom stereocenters. The topological polar surface area (TPSA) is 119 Å². The van der Waals surface area contributed by atoms with Gasteiger partial charge in [0.25, 0.3) is 0 Å². The van der Waals surface area contributed by atoms with Gasteiger partial charge in [-0.25, -0.2) is 4.79 Å². The van der Waals surface area contributed by atoms with Crippen LogP contribution >= 0.6 is 0 Å². The molecule has 0 aromatic heterocycles. The van der Waals surface area contributed by atoms with Crippen molar-refractivity contribution < 1.29 is 38.8 Å². The molecule has 2 bridgehead atoms. The number of esters is 3. The van der Waals surface area contributed by atoms with E-state index >= 15 is 0 Å². The highest BCUT2D eigenvalue weighted by molar-refractivity contribution is 5.91. The lowest BCUT2D eigenvalue weighted by atomic mass is 9.54. The molecule has 8 nitrogen and oxygen atoms in total. The Morgan fingerprint density at radius 3 is 2.55 bits per heavy atom. The fourth-order valence-electron chi connectivity index (χ4n) is 11.0. The predicted octanol–water partition coefficient (Wildman–Crippen LogP) is 3.41. The molecule has 2 saturated heterocycles. The van der Waals surface area contributed by atoms with E-state index in [-0.39, 0.29) is 36.6 Å². The molecule has 40 heavy (non-hydrogen) atoms. The molecule has 0 aromatic carbocycles. The number of rotatable bonds is 1. The van der Waals surface area contributed by atoms with Crippen molar-refractivity contribution in [2.45, 2.75) is 96.2 Å². The summed E-state index contributed by atoms with van der Waals surface area (Å²) < 4.78 is 18.5. The number of hydrogen-bond acceptors (Lipinski definition) is 8. The van der Waals surface area contributed by atoms with Gasteiger partial charge in [0.15, 0.2) is 0 Å². The maximum Gasteiger partial charge on any atom is 0.334 e. The summed E-state index contributed by atoms with van der Waals surface area (Å²) in [5, 5.41) is 24.0. The van der Waals surface area contributed by atoms with E-state index in [1.54, 1.807) is 6.92 Å². The average molecular weight is 553 g/mol. The molecule has 0 unspecified atom stereocenters. The zero-order valence-corrected chi connectivity index (χ0v) is 23.9. The molecule has 2 aliphatic heterocycles. The first-order valence-electron chi connectivity index (χ1n) is 14.7. The average Bonchev–Trinajstić information content (AvgIpc) is 3.56. The Bertz CT molecular complexity index is 1310. The second kappa shape index (κ2) is 7.68. The summed E-state index contributed by atoms with van der Waals surface area (Å²) in [5.41, 5.74) is -3.74. The molecule has 3 saturated carbocycles. The zero-order valence-electron chi connectivity index (χ0n) is 23.9. The molecule has 1 spiro atoms. The molecule has 7 rings (SSSR count). The predicted molar refractivity (Wildman–Crippen MR) is 142 cm³/mol. The molecule has 5 fully saturated rings. The summed E-state index contributed by atoms with van der Waals surface area (Å²) in [6.45, 7) is 13.1. The zero-order chi connectivity index (χ0) is 28.8. The Kier molecular flexibility index (Phi) is 5.08. The second-order valence-electron chi connectivity index (χ2n) is 14.5. The van der Waals surface area contributed by atoms with Crippen molar-refractivity contribution in [3.05, 3.63) is 36.0 Å². The van der Waals surface area contributed by atoms with Gasteiger partial charge in [0.05, 0.1) is 22.5 Å². The van der Waals surface area contributed by atoms with E-state index < -0.39 is 69.5 Å². The number of carbonyl (C=O) groups excluding carboxylic acids is 3. The highest BCUT2D eigenvalue weighted by atomic mass is 16.6. The van der Waals surface area contributed by atoms with E-state index in [1.807, 2.05) is 26.8 Å². The molecule has 0 amide bonds. The molecular formula is C32H40O8. The van der Waals surface area contributed by atoms with Crippen molar-refractivity contribution in [2.75, 3.05) is 0 Å². The molecule has 216 valence electrons. The Labute approximate surface area is 234 Å². The van der Waals surface area contributed by atoms with Crippen molar-refractivity contribution in [1.29, 1.82) is 0 Å². The van der Waals surface area contributed by atoms with Crippen LogP contribution in [-0.2, 0) is 28.6 Å². The third kappa shape index (κ3) is 2.83. The van der Waals surface area contributed by atoms with Gasteiger partial charge in [0.2, 0.25) is 0 Å². The molecule has 0 aromatic rings. The van der Waals surface area contributed by atoms with Gasteiger partial charge in [-0.1, -0.05) is 37.3 Å². The maximum atomic E-state index is 14.5. The maximum absolute atomic E-state index is 14.5. The Balaban J connectivity index is 1.45. The number of hydrogen-bond donors (Lipinski definition) is 2. The third-order valence-corrected chi connectivity index (χ3v) is 12.8. The Morgan fingerprint density at radius 2 is 1.85 bits per heavy atom. The highest BCUT2D eigenvalue weighted by Gasteiger charge is 2.84. The van der Waals surface area contributed by atoms with Crippen molar-refractivity contribution in [3.63, 3.8) is 0 Å². The lowest BCUT2D eigenvalue weighted by Crippen LogP contribution is -2.53. The van der Waals surface area contributed by atoms with Crippen LogP contribution in [0.15, 0.2) is 36.0 Å². The van der Waals surface area contributed by atoms with Gasteiger partial charge in [-0.15, -0.1) is 0 Å². The fraction of sp³-hybridized carbons (Fsp3) is 0.719. The van der Waals surface area contributed by atoms with Crippen LogP contribution in [0, 0.1) is 45.8 Å². The third-order valence-electron chi connectivity index (χ3n) is 12.8. The summed E-state index contributed by atoms with van der Waals surface area (Å²) in [5.74, 6) is -2.84. The SMILES string of the molecule is C=C1C(=O)O[C@H]2[C@H]1CC[C@@](C)(O)[C@]13C=C[C@@](C)([C@H]21)[C@]1(C3)C(=O)O[C@@H]2[C@H]3C(C)=CC[C@H]3[C@](C)(O)C[C@H](OC(C)=O)[C@H]21. The minimum absolute atomic E-state index is 0.180. The lowest BCUT2D eigenvalue weighted by molar-refractivity contribution is -0.165. The number of fused-ring (bicyclic) bond motifs is 6. The van der Waals surface area contributed by atoms with Crippen LogP contribution in [0.2, 0.25) is 0 Å². The van der Waals surface area contributed by atoms with Crippen LogP contribution < -0.4 is 0 Å². The van der Waals surface area contributed by atoms with Crippen molar-refractivity contribution in [1.82, 2.24) is 0 Å². The smallest absolute Gasteiger partial charge is 0.334 e. The first-order chi connectivity index (χ1) is 18.6. The molecule has 0 radical (unpaired) electrons. The van der Waals surface area contributed by atoms with E-state index in [0.29, 0.717) is 24.8 Å². The first-order valence-corrected chi connectivity index (χ1v) is 14.7. The van der Waals surface area contributed by atoms with Gasteiger partial charge in [0.1, 0.15) is 18.3 Å². The van der Waals surface area contributed by atoms with Crippen LogP contribution in [-0.4, -0.2) is 57.6 Å². The number of carbonyl (C=O) groups is 3. The molecule has 5 aliphatic carbocycles. The van der Waals surface area contributed by atoms with Gasteiger partial charge in [-0.05, 0) is 46.5 Å². The number of allylic oxidation sites excluding steroid dienone is 2. The standard InChI is InChI=1S/C32H40O8/c1-15-7-8-19-21(15)24-22(20(38-17(3)33)13-29(19,5)36)32(27(35)40-24)14-31-12-11-28(32,4)25(31)23-18(9-10-30(31,6)37)16(2)26(34)39-23/h7,11-12,18-25,36-37H,2,8-10,13-14H2,1,3-6H3/t18-,19+,20-,21-,22+,23-,24+,25-,28-,29+,30+,31-,32-/m0/s1. The highest BCUT2D eigenvalue weighted by Crippen LogP contribution is 2.80. The fourth-order valence-corrected chi connectivity index (χ4v) is 11.0. The van der Waals surface area contributed by atoms with E-state index in [0.717, 1.165) is 5.57 Å². The quantitative estimate of drug-likeness (QED) is 0.220. The molecule has 8 heteroatoms.